The van der Waals surface area contributed by atoms with Gasteiger partial charge in [0, 0.05) is 43.6 Å². The standard InChI is InChI=1S/C20H25N7O4S/c1-32(29,30)26-6-7-27-14(10-26)11-31-17-8-13(4-5-16(17)27)24-20-22-9-15(18(21)28)19(25-20)23-12-2-3-12/h4-5,8-9,12,14H,2-3,6-7,10-11H2,1H3,(H2,21,28)(H2,22,23,24,25)/t14-/m0/s1. The number of carbonyl (C=O) groups excluding carboxylic acids is 1. The van der Waals surface area contributed by atoms with E-state index in [1.807, 2.05) is 18.2 Å². The van der Waals surface area contributed by atoms with Crippen LogP contribution in [0.3, 0.4) is 0 Å². The van der Waals surface area contributed by atoms with Gasteiger partial charge in [-0.05, 0) is 25.0 Å². The largest absolute Gasteiger partial charge is 0.489 e. The SMILES string of the molecule is CS(=O)(=O)N1CCN2c3ccc(Nc4ncc(C(N)=O)c(NC5CC5)n4)cc3OC[C@@H]2C1. The predicted octanol–water partition coefficient (Wildman–Crippen LogP) is 0.736. The lowest BCUT2D eigenvalue weighted by Crippen LogP contribution is -2.58. The van der Waals surface area contributed by atoms with Crippen molar-refractivity contribution >= 4 is 39.1 Å². The van der Waals surface area contributed by atoms with Gasteiger partial charge in [0.2, 0.25) is 16.0 Å². The highest BCUT2D eigenvalue weighted by atomic mass is 32.2. The summed E-state index contributed by atoms with van der Waals surface area (Å²) in [6.45, 7) is 1.87. The van der Waals surface area contributed by atoms with E-state index in [-0.39, 0.29) is 11.6 Å². The Morgan fingerprint density at radius 2 is 2.09 bits per heavy atom. The molecule has 12 heteroatoms. The minimum Gasteiger partial charge on any atom is -0.489 e. The van der Waals surface area contributed by atoms with Gasteiger partial charge in [-0.2, -0.15) is 9.29 Å². The van der Waals surface area contributed by atoms with Gasteiger partial charge in [-0.15, -0.1) is 0 Å². The Hall–Kier alpha value is -3.12. The van der Waals surface area contributed by atoms with E-state index < -0.39 is 15.9 Å². The van der Waals surface area contributed by atoms with Crippen LogP contribution in [0.2, 0.25) is 0 Å². The monoisotopic (exact) mass is 459 g/mol. The van der Waals surface area contributed by atoms with E-state index in [9.17, 15) is 13.2 Å². The van der Waals surface area contributed by atoms with Crippen LogP contribution in [-0.2, 0) is 10.0 Å². The number of nitrogens with two attached hydrogens (primary N) is 1. The van der Waals surface area contributed by atoms with Crippen LogP contribution < -0.4 is 26.0 Å². The first-order valence-electron chi connectivity index (χ1n) is 10.5. The second kappa shape index (κ2) is 7.78. The summed E-state index contributed by atoms with van der Waals surface area (Å²) in [5, 5.41) is 6.37. The zero-order valence-corrected chi connectivity index (χ0v) is 18.4. The van der Waals surface area contributed by atoms with Crippen LogP contribution >= 0.6 is 0 Å². The molecule has 4 N–H and O–H groups in total. The molecular weight excluding hydrogens is 434 g/mol. The first-order chi connectivity index (χ1) is 15.3. The number of carbonyl (C=O) groups is 1. The Bertz CT molecular complexity index is 1170. The Balaban J connectivity index is 1.34. The molecule has 0 unspecified atom stereocenters. The second-order valence-corrected chi connectivity index (χ2v) is 10.3. The Labute approximate surface area is 186 Å². The second-order valence-electron chi connectivity index (χ2n) is 8.33. The number of aromatic nitrogens is 2. The van der Waals surface area contributed by atoms with E-state index in [1.54, 1.807) is 0 Å². The Morgan fingerprint density at radius 3 is 2.81 bits per heavy atom. The normalized spacial score (nSPS) is 20.7. The van der Waals surface area contributed by atoms with Crippen LogP contribution in [0.1, 0.15) is 23.2 Å². The highest BCUT2D eigenvalue weighted by Crippen LogP contribution is 2.38. The summed E-state index contributed by atoms with van der Waals surface area (Å²) < 4.78 is 31.2. The molecule has 1 aromatic heterocycles. The number of hydrogen-bond donors (Lipinski definition) is 3. The zero-order chi connectivity index (χ0) is 22.5. The fraction of sp³-hybridized carbons (Fsp3) is 0.450. The lowest BCUT2D eigenvalue weighted by molar-refractivity contribution is 0.100. The van der Waals surface area contributed by atoms with E-state index in [0.717, 1.165) is 24.2 Å². The Kier molecular flexibility index (Phi) is 5.05. The van der Waals surface area contributed by atoms with Crippen molar-refractivity contribution in [1.29, 1.82) is 0 Å². The molecule has 1 aromatic carbocycles. The summed E-state index contributed by atoms with van der Waals surface area (Å²) in [4.78, 5) is 22.5. The number of fused-ring (bicyclic) bond motifs is 3. The van der Waals surface area contributed by atoms with Gasteiger partial charge >= 0.3 is 0 Å². The van der Waals surface area contributed by atoms with Crippen LogP contribution in [-0.4, -0.2) is 73.2 Å². The summed E-state index contributed by atoms with van der Waals surface area (Å²) in [7, 11) is -3.22. The molecule has 1 aliphatic carbocycles. The van der Waals surface area contributed by atoms with Crippen molar-refractivity contribution in [3.05, 3.63) is 30.0 Å². The number of primary amides is 1. The van der Waals surface area contributed by atoms with Gasteiger partial charge in [-0.25, -0.2) is 13.4 Å². The third-order valence-electron chi connectivity index (χ3n) is 5.84. The molecule has 0 radical (unpaired) electrons. The third-order valence-corrected chi connectivity index (χ3v) is 7.11. The molecule has 1 saturated carbocycles. The summed E-state index contributed by atoms with van der Waals surface area (Å²) >= 11 is 0. The topological polar surface area (TPSA) is 143 Å². The summed E-state index contributed by atoms with van der Waals surface area (Å²) in [5.41, 5.74) is 7.37. The van der Waals surface area contributed by atoms with Crippen molar-refractivity contribution in [3.63, 3.8) is 0 Å². The molecule has 11 nitrogen and oxygen atoms in total. The van der Waals surface area contributed by atoms with Gasteiger partial charge in [-0.1, -0.05) is 0 Å². The first kappa shape index (κ1) is 20.8. The molecule has 0 bridgehead atoms. The fourth-order valence-corrected chi connectivity index (χ4v) is 4.86. The highest BCUT2D eigenvalue weighted by molar-refractivity contribution is 7.88. The molecule has 1 atom stereocenters. The maximum Gasteiger partial charge on any atom is 0.254 e. The van der Waals surface area contributed by atoms with Gasteiger partial charge in [0.25, 0.3) is 5.91 Å². The first-order valence-corrected chi connectivity index (χ1v) is 12.3. The molecule has 3 aliphatic rings. The molecule has 32 heavy (non-hydrogen) atoms. The van der Waals surface area contributed by atoms with Crippen LogP contribution in [0, 0.1) is 0 Å². The number of nitrogens with one attached hydrogen (secondary N) is 2. The van der Waals surface area contributed by atoms with Gasteiger partial charge in [0.15, 0.2) is 0 Å². The summed E-state index contributed by atoms with van der Waals surface area (Å²) in [6.07, 6.45) is 4.73. The number of hydrogen-bond acceptors (Lipinski definition) is 9. The van der Waals surface area contributed by atoms with E-state index in [0.29, 0.717) is 49.8 Å². The average molecular weight is 460 g/mol. The lowest BCUT2D eigenvalue weighted by atomic mass is 10.1. The fourth-order valence-electron chi connectivity index (χ4n) is 4.00. The number of anilines is 4. The number of ether oxygens (including phenoxy) is 1. The molecule has 2 aliphatic heterocycles. The van der Waals surface area contributed by atoms with E-state index >= 15 is 0 Å². The minimum atomic E-state index is -3.22. The number of amides is 1. The van der Waals surface area contributed by atoms with E-state index in [2.05, 4.69) is 25.5 Å². The lowest BCUT2D eigenvalue weighted by Gasteiger charge is -2.44. The van der Waals surface area contributed by atoms with E-state index in [1.165, 1.54) is 16.8 Å². The number of nitrogens with zero attached hydrogens (tertiary/aromatic N) is 4. The molecule has 5 rings (SSSR count). The predicted molar refractivity (Wildman–Crippen MR) is 120 cm³/mol. The molecule has 3 heterocycles. The zero-order valence-electron chi connectivity index (χ0n) is 17.6. The molecule has 1 amide bonds. The van der Waals surface area contributed by atoms with Crippen LogP contribution in [0.4, 0.5) is 23.1 Å². The number of sulfonamides is 1. The molecule has 170 valence electrons. The smallest absolute Gasteiger partial charge is 0.254 e. The van der Waals surface area contributed by atoms with Crippen molar-refractivity contribution < 1.29 is 17.9 Å². The van der Waals surface area contributed by atoms with Gasteiger partial charge < -0.3 is 26.0 Å². The molecule has 2 fully saturated rings. The maximum absolute atomic E-state index is 11.9. The third kappa shape index (κ3) is 4.15. The van der Waals surface area contributed by atoms with Crippen molar-refractivity contribution in [2.75, 3.05) is 48.0 Å². The van der Waals surface area contributed by atoms with Gasteiger partial charge in [-0.3, -0.25) is 4.79 Å². The van der Waals surface area contributed by atoms with E-state index in [4.69, 9.17) is 10.5 Å². The van der Waals surface area contributed by atoms with Gasteiger partial charge in [0.05, 0.1) is 23.5 Å². The molecule has 0 spiro atoms. The summed E-state index contributed by atoms with van der Waals surface area (Å²) in [5.74, 6) is 0.906. The minimum absolute atomic E-state index is 0.0227. The molecule has 2 aromatic rings. The number of rotatable bonds is 6. The van der Waals surface area contributed by atoms with Crippen molar-refractivity contribution in [3.8, 4) is 5.75 Å². The van der Waals surface area contributed by atoms with Crippen LogP contribution in [0.15, 0.2) is 24.4 Å². The Morgan fingerprint density at radius 1 is 1.28 bits per heavy atom. The quantitative estimate of drug-likeness (QED) is 0.570. The molecular formula is C20H25N7O4S. The average Bonchev–Trinajstić information content (AvgIpc) is 3.56. The van der Waals surface area contributed by atoms with Crippen LogP contribution in [0.5, 0.6) is 5.75 Å². The maximum atomic E-state index is 11.9. The van der Waals surface area contributed by atoms with Crippen LogP contribution in [0.25, 0.3) is 0 Å². The van der Waals surface area contributed by atoms with Crippen molar-refractivity contribution in [1.82, 2.24) is 14.3 Å². The number of benzene rings is 1. The highest BCUT2D eigenvalue weighted by Gasteiger charge is 2.35. The van der Waals surface area contributed by atoms with Gasteiger partial charge in [0.1, 0.15) is 18.2 Å². The number of piperazine rings is 1. The van der Waals surface area contributed by atoms with Crippen molar-refractivity contribution in [2.45, 2.75) is 24.9 Å². The summed E-state index contributed by atoms with van der Waals surface area (Å²) in [6, 6.07) is 6.00. The molecule has 1 saturated heterocycles. The van der Waals surface area contributed by atoms with Crippen molar-refractivity contribution in [2.24, 2.45) is 5.73 Å².